The summed E-state index contributed by atoms with van der Waals surface area (Å²) in [5.74, 6) is 1.07. The van der Waals surface area contributed by atoms with Crippen LogP contribution in [0.5, 0.6) is 0 Å². The largest absolute Gasteiger partial charge is 0.462 e. The van der Waals surface area contributed by atoms with Crippen LogP contribution >= 0.6 is 0 Å². The molecule has 0 heterocycles. The van der Waals surface area contributed by atoms with Crippen molar-refractivity contribution < 1.29 is 23.2 Å². The maximum absolute atomic E-state index is 13.4. The Hall–Kier alpha value is -1.29. The normalized spacial score (nSPS) is 31.8. The van der Waals surface area contributed by atoms with E-state index in [-0.39, 0.29) is 51.1 Å². The second-order valence-corrected chi connectivity index (χ2v) is 29.6. The van der Waals surface area contributed by atoms with E-state index in [4.69, 9.17) is 13.6 Å². The number of ketones is 1. The molecule has 0 aromatic rings. The molecule has 4 aliphatic carbocycles. The van der Waals surface area contributed by atoms with Crippen molar-refractivity contribution in [1.29, 1.82) is 0 Å². The van der Waals surface area contributed by atoms with Gasteiger partial charge in [0.2, 0.25) is 0 Å². The molecule has 4 fully saturated rings. The summed E-state index contributed by atoms with van der Waals surface area (Å²) in [5.41, 5.74) is 3.92. The first-order chi connectivity index (χ1) is 22.9. The molecule has 0 N–H and O–H groups in total. The predicted molar refractivity (Wildman–Crippen MR) is 213 cm³/mol. The molecule has 7 heteroatoms. The fourth-order valence-corrected chi connectivity index (χ4v) is 11.8. The van der Waals surface area contributed by atoms with Crippen molar-refractivity contribution in [2.75, 3.05) is 0 Å². The second kappa shape index (κ2) is 14.9. The van der Waals surface area contributed by atoms with Gasteiger partial charge < -0.3 is 13.6 Å². The second-order valence-electron chi connectivity index (χ2n) is 20.1. The quantitative estimate of drug-likeness (QED) is 0.148. The van der Waals surface area contributed by atoms with Gasteiger partial charge in [-0.25, -0.2) is 0 Å². The van der Waals surface area contributed by atoms with Crippen molar-refractivity contribution in [1.82, 2.24) is 0 Å². The average molecular weight is 727 g/mol. The topological polar surface area (TPSA) is 61.8 Å². The lowest BCUT2D eigenvalue weighted by atomic mass is 9.60. The highest BCUT2D eigenvalue weighted by molar-refractivity contribution is 6.74. The smallest absolute Gasteiger partial charge is 0.302 e. The number of fused-ring (bicyclic) bond motifs is 1. The van der Waals surface area contributed by atoms with Gasteiger partial charge >= 0.3 is 5.97 Å². The maximum atomic E-state index is 13.4. The van der Waals surface area contributed by atoms with Gasteiger partial charge in [-0.3, -0.25) is 9.59 Å². The van der Waals surface area contributed by atoms with Crippen molar-refractivity contribution in [3.8, 4) is 0 Å². The van der Waals surface area contributed by atoms with Crippen molar-refractivity contribution in [3.05, 3.63) is 35.5 Å². The highest BCUT2D eigenvalue weighted by atomic mass is 28.4. The maximum Gasteiger partial charge on any atom is 0.302 e. The zero-order valence-electron chi connectivity index (χ0n) is 34.6. The molecule has 4 aliphatic rings. The summed E-state index contributed by atoms with van der Waals surface area (Å²) in [6, 6.07) is 0. The van der Waals surface area contributed by atoms with Crippen molar-refractivity contribution in [3.63, 3.8) is 0 Å². The summed E-state index contributed by atoms with van der Waals surface area (Å²) in [7, 11) is -4.01. The van der Waals surface area contributed by atoms with Crippen LogP contribution in [0.4, 0.5) is 0 Å². The SMILES string of the molecule is C=C1/C(=C\C=C2/CCC[C@]3(C)[C@@H]([C@H](C)C(CC(=O)C4(CC)CC4)OC(C)=O)CC[C@@H]23)C[C@@H](O[Si](C)(C)C(C)(C)C)C[C@@H]1O[Si](C)(C)C(C)(C)C. The monoisotopic (exact) mass is 727 g/mol. The molecule has 7 atom stereocenters. The van der Waals surface area contributed by atoms with E-state index >= 15 is 0 Å². The highest BCUT2D eigenvalue weighted by Crippen LogP contribution is 2.60. The Balaban J connectivity index is 1.60. The van der Waals surface area contributed by atoms with Crippen LogP contribution in [0.2, 0.25) is 36.3 Å². The number of carbonyl (C=O) groups excluding carboxylic acids is 2. The third-order valence-corrected chi connectivity index (χ3v) is 23.8. The van der Waals surface area contributed by atoms with E-state index < -0.39 is 16.6 Å². The fourth-order valence-electron chi connectivity index (χ4n) is 9.10. The third kappa shape index (κ3) is 8.74. The standard InChI is InChI=1S/C43H74O5Si2/c1-16-43(24-25-43)39(45)28-37(46-31(4)44)30(3)35-21-22-36-32(18-17-23-42(35,36)11)19-20-33-26-34(47-49(12,13)40(5,6)7)27-38(29(33)2)48-50(14,15)41(8,9)10/h19-20,30,34-38H,2,16-18,21-28H2,1,3-15H3/b32-19+,33-20-/t30-,34+,35+,36-,37?,38-,42+/m0/s1. The summed E-state index contributed by atoms with van der Waals surface area (Å²) < 4.78 is 20.2. The summed E-state index contributed by atoms with van der Waals surface area (Å²) in [4.78, 5) is 25.7. The molecule has 0 aromatic carbocycles. The van der Waals surface area contributed by atoms with Crippen LogP contribution in [-0.4, -0.2) is 46.7 Å². The number of Topliss-reactive ketones (excluding diaryl/α,β-unsaturated/α-hetero) is 1. The summed E-state index contributed by atoms with van der Waals surface area (Å²) in [6.07, 6.45) is 15.3. The third-order valence-electron chi connectivity index (χ3n) is 14.8. The van der Waals surface area contributed by atoms with Crippen LogP contribution < -0.4 is 0 Å². The van der Waals surface area contributed by atoms with E-state index in [2.05, 4.69) is 107 Å². The van der Waals surface area contributed by atoms with E-state index in [9.17, 15) is 9.59 Å². The fraction of sp³-hybridized carbons (Fsp3) is 0.814. The highest BCUT2D eigenvalue weighted by Gasteiger charge is 2.54. The minimum Gasteiger partial charge on any atom is -0.462 e. The Morgan fingerprint density at radius 2 is 1.56 bits per heavy atom. The van der Waals surface area contributed by atoms with E-state index in [1.165, 1.54) is 18.9 Å². The van der Waals surface area contributed by atoms with Gasteiger partial charge in [-0.2, -0.15) is 0 Å². The molecule has 5 nitrogen and oxygen atoms in total. The lowest BCUT2D eigenvalue weighted by Gasteiger charge is -2.46. The Morgan fingerprint density at radius 1 is 0.960 bits per heavy atom. The van der Waals surface area contributed by atoms with E-state index in [1.807, 2.05) is 0 Å². The zero-order valence-corrected chi connectivity index (χ0v) is 36.6. The van der Waals surface area contributed by atoms with Gasteiger partial charge in [-0.1, -0.05) is 86.6 Å². The molecule has 0 aromatic heterocycles. The summed E-state index contributed by atoms with van der Waals surface area (Å²) in [6.45, 7) is 36.4. The van der Waals surface area contributed by atoms with Crippen LogP contribution in [0.15, 0.2) is 35.5 Å². The minimum absolute atomic E-state index is 0.0270. The number of allylic oxidation sites excluding steroid dienone is 3. The predicted octanol–water partition coefficient (Wildman–Crippen LogP) is 11.9. The molecule has 4 rings (SSSR count). The first-order valence-electron chi connectivity index (χ1n) is 20.0. The van der Waals surface area contributed by atoms with Crippen molar-refractivity contribution >= 4 is 28.4 Å². The Bertz CT molecular complexity index is 1340. The van der Waals surface area contributed by atoms with Crippen molar-refractivity contribution in [2.24, 2.45) is 28.6 Å². The molecular weight excluding hydrogens is 653 g/mol. The lowest BCUT2D eigenvalue weighted by molar-refractivity contribution is -0.153. The summed E-state index contributed by atoms with van der Waals surface area (Å²) in [5, 5.41) is 0.259. The van der Waals surface area contributed by atoms with Crippen LogP contribution in [0.3, 0.4) is 0 Å². The van der Waals surface area contributed by atoms with Gasteiger partial charge in [0.25, 0.3) is 0 Å². The molecule has 0 bridgehead atoms. The minimum atomic E-state index is -2.03. The molecule has 0 amide bonds. The van der Waals surface area contributed by atoms with Crippen LogP contribution in [0.25, 0.3) is 0 Å². The zero-order chi connectivity index (χ0) is 37.7. The number of ether oxygens (including phenoxy) is 1. The molecule has 284 valence electrons. The number of hydrogen-bond acceptors (Lipinski definition) is 5. The Kier molecular flexibility index (Phi) is 12.3. The van der Waals surface area contributed by atoms with Crippen molar-refractivity contribution in [2.45, 2.75) is 194 Å². The van der Waals surface area contributed by atoms with Crippen LogP contribution in [0.1, 0.15) is 140 Å². The Labute approximate surface area is 309 Å². The molecular formula is C43H74O5Si2. The van der Waals surface area contributed by atoms with Crippen LogP contribution in [-0.2, 0) is 23.2 Å². The molecule has 1 unspecified atom stereocenters. The summed E-state index contributed by atoms with van der Waals surface area (Å²) >= 11 is 0. The van der Waals surface area contributed by atoms with Gasteiger partial charge in [0.15, 0.2) is 16.6 Å². The Morgan fingerprint density at radius 3 is 2.10 bits per heavy atom. The van der Waals surface area contributed by atoms with Crippen LogP contribution in [0, 0.1) is 28.6 Å². The van der Waals surface area contributed by atoms with E-state index in [1.54, 1.807) is 5.57 Å². The number of carbonyl (C=O) groups is 2. The molecule has 0 radical (unpaired) electrons. The number of esters is 1. The molecule has 50 heavy (non-hydrogen) atoms. The molecule has 4 saturated carbocycles. The van der Waals surface area contributed by atoms with Gasteiger partial charge in [0, 0.05) is 25.2 Å². The molecule has 0 spiro atoms. The van der Waals surface area contributed by atoms with E-state index in [0.717, 1.165) is 63.4 Å². The average Bonchev–Trinajstić information content (AvgIpc) is 3.70. The van der Waals surface area contributed by atoms with E-state index in [0.29, 0.717) is 24.0 Å². The van der Waals surface area contributed by atoms with Gasteiger partial charge in [0.05, 0.1) is 12.2 Å². The van der Waals surface area contributed by atoms with Gasteiger partial charge in [-0.15, -0.1) is 0 Å². The first kappa shape index (κ1) is 41.5. The first-order valence-corrected chi connectivity index (χ1v) is 25.8. The lowest BCUT2D eigenvalue weighted by Crippen LogP contribution is -2.49. The number of hydrogen-bond donors (Lipinski definition) is 0. The molecule has 0 saturated heterocycles. The number of rotatable bonds is 12. The molecule has 0 aliphatic heterocycles. The van der Waals surface area contributed by atoms with Gasteiger partial charge in [-0.05, 0) is 128 Å². The van der Waals surface area contributed by atoms with Gasteiger partial charge in [0.1, 0.15) is 11.9 Å².